The molecule has 0 radical (unpaired) electrons. The Morgan fingerprint density at radius 1 is 1.17 bits per heavy atom. The molecule has 2 fully saturated rings. The van der Waals surface area contributed by atoms with Crippen molar-refractivity contribution in [3.8, 4) is 0 Å². The first kappa shape index (κ1) is 17.4. The summed E-state index contributed by atoms with van der Waals surface area (Å²) in [5, 5.41) is 2.98. The average Bonchev–Trinajstić information content (AvgIpc) is 3.07. The lowest BCUT2D eigenvalue weighted by Crippen LogP contribution is -2.38. The van der Waals surface area contributed by atoms with Crippen molar-refractivity contribution in [2.45, 2.75) is 52.3 Å². The van der Waals surface area contributed by atoms with E-state index in [1.807, 2.05) is 0 Å². The highest BCUT2D eigenvalue weighted by Crippen LogP contribution is 2.22. The van der Waals surface area contributed by atoms with Gasteiger partial charge >= 0.3 is 0 Å². The normalized spacial score (nSPS) is 28.0. The summed E-state index contributed by atoms with van der Waals surface area (Å²) in [6.45, 7) is 9.41. The van der Waals surface area contributed by atoms with Crippen molar-refractivity contribution in [2.75, 3.05) is 19.7 Å². The van der Waals surface area contributed by atoms with Crippen molar-refractivity contribution in [1.82, 2.24) is 10.2 Å². The standard InChI is InChI=1S/C20H30N2O2/c1-15-10-16(2)13-22(12-15)14-18-7-5-17(6-8-18)11-21-20(23)19-4-3-9-24-19/h5-8,15-16,19H,3-4,9-14H2,1-2H3,(H,21,23). The molecule has 1 aromatic carbocycles. The Labute approximate surface area is 145 Å². The minimum absolute atomic E-state index is 0.0212. The van der Waals surface area contributed by atoms with E-state index in [-0.39, 0.29) is 12.0 Å². The van der Waals surface area contributed by atoms with Crippen LogP contribution in [0.3, 0.4) is 0 Å². The summed E-state index contributed by atoms with van der Waals surface area (Å²) in [6, 6.07) is 8.64. The number of hydrogen-bond acceptors (Lipinski definition) is 3. The fourth-order valence-corrected chi connectivity index (χ4v) is 4.03. The molecule has 0 saturated carbocycles. The van der Waals surface area contributed by atoms with Gasteiger partial charge in [-0.25, -0.2) is 0 Å². The molecule has 2 saturated heterocycles. The van der Waals surface area contributed by atoms with E-state index in [0.29, 0.717) is 13.2 Å². The Hall–Kier alpha value is -1.39. The molecule has 24 heavy (non-hydrogen) atoms. The van der Waals surface area contributed by atoms with E-state index in [4.69, 9.17) is 4.74 Å². The molecule has 0 aliphatic carbocycles. The van der Waals surface area contributed by atoms with E-state index < -0.39 is 0 Å². The fraction of sp³-hybridized carbons (Fsp3) is 0.650. The molecule has 1 N–H and O–H groups in total. The molecule has 0 aromatic heterocycles. The maximum atomic E-state index is 12.0. The average molecular weight is 330 g/mol. The lowest BCUT2D eigenvalue weighted by Gasteiger charge is -2.35. The lowest BCUT2D eigenvalue weighted by molar-refractivity contribution is -0.130. The Morgan fingerprint density at radius 3 is 2.46 bits per heavy atom. The number of rotatable bonds is 5. The SMILES string of the molecule is CC1CC(C)CN(Cc2ccc(CNC(=O)C3CCCO3)cc2)C1. The van der Waals surface area contributed by atoms with Crippen LogP contribution in [0.4, 0.5) is 0 Å². The van der Waals surface area contributed by atoms with Gasteiger partial charge in [-0.2, -0.15) is 0 Å². The molecule has 0 bridgehead atoms. The molecular weight excluding hydrogens is 300 g/mol. The minimum atomic E-state index is -0.243. The highest BCUT2D eigenvalue weighted by Gasteiger charge is 2.23. The number of likely N-dealkylation sites (tertiary alicyclic amines) is 1. The van der Waals surface area contributed by atoms with E-state index in [0.717, 1.165) is 36.8 Å². The van der Waals surface area contributed by atoms with Crippen LogP contribution in [0.2, 0.25) is 0 Å². The van der Waals surface area contributed by atoms with Crippen molar-refractivity contribution in [1.29, 1.82) is 0 Å². The third-order valence-electron chi connectivity index (χ3n) is 5.06. The first-order valence-corrected chi connectivity index (χ1v) is 9.29. The number of carbonyl (C=O) groups excluding carboxylic acids is 1. The van der Waals surface area contributed by atoms with Crippen molar-refractivity contribution in [3.63, 3.8) is 0 Å². The van der Waals surface area contributed by atoms with Crippen LogP contribution in [-0.4, -0.2) is 36.6 Å². The zero-order valence-corrected chi connectivity index (χ0v) is 15.0. The first-order chi connectivity index (χ1) is 11.6. The smallest absolute Gasteiger partial charge is 0.249 e. The second-order valence-corrected chi connectivity index (χ2v) is 7.68. The lowest BCUT2D eigenvalue weighted by atomic mass is 9.91. The molecule has 3 unspecified atom stereocenters. The van der Waals surface area contributed by atoms with Crippen LogP contribution in [0.1, 0.15) is 44.2 Å². The summed E-state index contributed by atoms with van der Waals surface area (Å²) in [7, 11) is 0. The molecule has 2 heterocycles. The van der Waals surface area contributed by atoms with Gasteiger partial charge in [0.1, 0.15) is 6.10 Å². The van der Waals surface area contributed by atoms with Crippen molar-refractivity contribution in [3.05, 3.63) is 35.4 Å². The van der Waals surface area contributed by atoms with Crippen LogP contribution in [0.5, 0.6) is 0 Å². The third-order valence-corrected chi connectivity index (χ3v) is 5.06. The van der Waals surface area contributed by atoms with Gasteiger partial charge in [0.05, 0.1) is 0 Å². The zero-order valence-electron chi connectivity index (χ0n) is 15.0. The molecule has 0 spiro atoms. The molecular formula is C20H30N2O2. The molecule has 2 aliphatic heterocycles. The van der Waals surface area contributed by atoms with E-state index >= 15 is 0 Å². The number of ether oxygens (including phenoxy) is 1. The summed E-state index contributed by atoms with van der Waals surface area (Å²) >= 11 is 0. The molecule has 1 aromatic rings. The molecule has 2 aliphatic rings. The number of benzene rings is 1. The Balaban J connectivity index is 1.47. The van der Waals surface area contributed by atoms with Crippen LogP contribution in [0, 0.1) is 11.8 Å². The van der Waals surface area contributed by atoms with E-state index in [1.54, 1.807) is 0 Å². The fourth-order valence-electron chi connectivity index (χ4n) is 4.03. The van der Waals surface area contributed by atoms with Crippen molar-refractivity contribution >= 4 is 5.91 Å². The second kappa shape index (κ2) is 8.13. The first-order valence-electron chi connectivity index (χ1n) is 9.29. The Bertz CT molecular complexity index is 527. The van der Waals surface area contributed by atoms with E-state index in [9.17, 15) is 4.79 Å². The van der Waals surface area contributed by atoms with Crippen LogP contribution >= 0.6 is 0 Å². The van der Waals surface area contributed by atoms with E-state index in [1.165, 1.54) is 25.1 Å². The highest BCUT2D eigenvalue weighted by molar-refractivity contribution is 5.80. The van der Waals surface area contributed by atoms with Crippen LogP contribution < -0.4 is 5.32 Å². The van der Waals surface area contributed by atoms with Gasteiger partial charge in [0.2, 0.25) is 5.91 Å². The number of carbonyl (C=O) groups is 1. The second-order valence-electron chi connectivity index (χ2n) is 7.68. The molecule has 4 heteroatoms. The molecule has 132 valence electrons. The summed E-state index contributed by atoms with van der Waals surface area (Å²) in [6.07, 6.45) is 2.94. The zero-order chi connectivity index (χ0) is 16.9. The largest absolute Gasteiger partial charge is 0.368 e. The number of piperidine rings is 1. The minimum Gasteiger partial charge on any atom is -0.368 e. The topological polar surface area (TPSA) is 41.6 Å². The Kier molecular flexibility index (Phi) is 5.90. The Morgan fingerprint density at radius 2 is 1.83 bits per heavy atom. The van der Waals surface area contributed by atoms with Crippen LogP contribution in [-0.2, 0) is 22.6 Å². The van der Waals surface area contributed by atoms with Gasteiger partial charge in [-0.05, 0) is 42.2 Å². The van der Waals surface area contributed by atoms with Crippen molar-refractivity contribution < 1.29 is 9.53 Å². The molecule has 1 amide bonds. The maximum Gasteiger partial charge on any atom is 0.249 e. The van der Waals surface area contributed by atoms with Crippen molar-refractivity contribution in [2.24, 2.45) is 11.8 Å². The highest BCUT2D eigenvalue weighted by atomic mass is 16.5. The molecule has 4 nitrogen and oxygen atoms in total. The van der Waals surface area contributed by atoms with Crippen LogP contribution in [0.25, 0.3) is 0 Å². The number of hydrogen-bond donors (Lipinski definition) is 1. The van der Waals surface area contributed by atoms with Gasteiger partial charge in [-0.15, -0.1) is 0 Å². The summed E-state index contributed by atoms with van der Waals surface area (Å²) < 4.78 is 5.41. The summed E-state index contributed by atoms with van der Waals surface area (Å²) in [5.74, 6) is 1.61. The van der Waals surface area contributed by atoms with Gasteiger partial charge in [0.25, 0.3) is 0 Å². The maximum absolute atomic E-state index is 12.0. The number of nitrogens with zero attached hydrogens (tertiary/aromatic N) is 1. The van der Waals surface area contributed by atoms with Gasteiger partial charge in [-0.1, -0.05) is 38.1 Å². The predicted molar refractivity (Wildman–Crippen MR) is 95.5 cm³/mol. The number of amides is 1. The quantitative estimate of drug-likeness (QED) is 0.902. The predicted octanol–water partition coefficient (Wildman–Crippen LogP) is 2.96. The van der Waals surface area contributed by atoms with Gasteiger partial charge < -0.3 is 10.1 Å². The summed E-state index contributed by atoms with van der Waals surface area (Å²) in [5.41, 5.74) is 2.50. The third kappa shape index (κ3) is 4.81. The number of nitrogens with one attached hydrogen (secondary N) is 1. The monoisotopic (exact) mass is 330 g/mol. The van der Waals surface area contributed by atoms with Crippen LogP contribution in [0.15, 0.2) is 24.3 Å². The molecule has 3 atom stereocenters. The van der Waals surface area contributed by atoms with Gasteiger partial charge in [0, 0.05) is 32.8 Å². The molecule has 3 rings (SSSR count). The summed E-state index contributed by atoms with van der Waals surface area (Å²) in [4.78, 5) is 14.5. The van der Waals surface area contributed by atoms with Gasteiger partial charge in [0.15, 0.2) is 0 Å². The van der Waals surface area contributed by atoms with Gasteiger partial charge in [-0.3, -0.25) is 9.69 Å². The van der Waals surface area contributed by atoms with E-state index in [2.05, 4.69) is 48.3 Å².